The predicted octanol–water partition coefficient (Wildman–Crippen LogP) is 4.63. The Labute approximate surface area is 139 Å². The van der Waals surface area contributed by atoms with Gasteiger partial charge in [0, 0.05) is 16.6 Å². The fourth-order valence-corrected chi connectivity index (χ4v) is 2.38. The SMILES string of the molecule is COc1cc(C)ccc1NC(=O)NCc1ccc(Cl)cc1Cl. The molecule has 0 aliphatic heterocycles. The van der Waals surface area contributed by atoms with E-state index in [1.165, 1.54) is 0 Å². The molecule has 0 saturated heterocycles. The number of carbonyl (C=O) groups excluding carboxylic acids is 1. The van der Waals surface area contributed by atoms with Crippen LogP contribution in [0.4, 0.5) is 10.5 Å². The standard InChI is InChI=1S/C16H16Cl2N2O2/c1-10-3-6-14(15(7-10)22-2)20-16(21)19-9-11-4-5-12(17)8-13(11)18/h3-8H,9H2,1-2H3,(H2,19,20,21). The molecular weight excluding hydrogens is 323 g/mol. The minimum Gasteiger partial charge on any atom is -0.495 e. The molecule has 0 unspecified atom stereocenters. The Balaban J connectivity index is 1.98. The van der Waals surface area contributed by atoms with E-state index in [1.54, 1.807) is 31.4 Å². The highest BCUT2D eigenvalue weighted by molar-refractivity contribution is 6.35. The zero-order valence-corrected chi connectivity index (χ0v) is 13.8. The topological polar surface area (TPSA) is 50.4 Å². The number of halogens is 2. The molecule has 4 nitrogen and oxygen atoms in total. The summed E-state index contributed by atoms with van der Waals surface area (Å²) in [4.78, 5) is 12.0. The van der Waals surface area contributed by atoms with Gasteiger partial charge in [-0.15, -0.1) is 0 Å². The quantitative estimate of drug-likeness (QED) is 0.853. The maximum atomic E-state index is 12.0. The van der Waals surface area contributed by atoms with Crippen LogP contribution in [-0.4, -0.2) is 13.1 Å². The Kier molecular flexibility index (Phi) is 5.52. The molecule has 2 amide bonds. The summed E-state index contributed by atoms with van der Waals surface area (Å²) in [5, 5.41) is 6.56. The van der Waals surface area contributed by atoms with Crippen molar-refractivity contribution in [1.82, 2.24) is 5.32 Å². The van der Waals surface area contributed by atoms with Crippen LogP contribution in [0.3, 0.4) is 0 Å². The molecule has 2 rings (SSSR count). The van der Waals surface area contributed by atoms with Gasteiger partial charge in [-0.3, -0.25) is 0 Å². The second-order valence-electron chi connectivity index (χ2n) is 4.75. The minimum absolute atomic E-state index is 0.302. The maximum absolute atomic E-state index is 12.0. The van der Waals surface area contributed by atoms with Crippen LogP contribution in [0.15, 0.2) is 36.4 Å². The van der Waals surface area contributed by atoms with Crippen molar-refractivity contribution in [3.05, 3.63) is 57.6 Å². The van der Waals surface area contributed by atoms with Crippen molar-refractivity contribution >= 4 is 34.9 Å². The van der Waals surface area contributed by atoms with E-state index in [1.807, 2.05) is 19.1 Å². The lowest BCUT2D eigenvalue weighted by molar-refractivity contribution is 0.251. The lowest BCUT2D eigenvalue weighted by Crippen LogP contribution is -2.28. The molecule has 0 fully saturated rings. The van der Waals surface area contributed by atoms with Crippen LogP contribution in [0, 0.1) is 6.92 Å². The number of hydrogen-bond acceptors (Lipinski definition) is 2. The molecule has 0 saturated carbocycles. The van der Waals surface area contributed by atoms with Crippen LogP contribution >= 0.6 is 23.2 Å². The van der Waals surface area contributed by atoms with Gasteiger partial charge in [-0.25, -0.2) is 4.79 Å². The molecule has 0 radical (unpaired) electrons. The normalized spacial score (nSPS) is 10.2. The second-order valence-corrected chi connectivity index (χ2v) is 5.59. The Hall–Kier alpha value is -1.91. The van der Waals surface area contributed by atoms with Crippen LogP contribution in [-0.2, 0) is 6.54 Å². The highest BCUT2D eigenvalue weighted by atomic mass is 35.5. The third-order valence-corrected chi connectivity index (χ3v) is 3.65. The lowest BCUT2D eigenvalue weighted by atomic mass is 10.2. The van der Waals surface area contributed by atoms with Gasteiger partial charge in [0.2, 0.25) is 0 Å². The third-order valence-electron chi connectivity index (χ3n) is 3.06. The molecule has 0 bridgehead atoms. The van der Waals surface area contributed by atoms with Gasteiger partial charge in [0.25, 0.3) is 0 Å². The molecule has 0 aliphatic carbocycles. The summed E-state index contributed by atoms with van der Waals surface area (Å²) < 4.78 is 5.24. The van der Waals surface area contributed by atoms with E-state index in [9.17, 15) is 4.79 Å². The summed E-state index contributed by atoms with van der Waals surface area (Å²) in [5.74, 6) is 0.611. The molecule has 0 atom stereocenters. The van der Waals surface area contributed by atoms with Gasteiger partial charge in [-0.2, -0.15) is 0 Å². The van der Waals surface area contributed by atoms with Gasteiger partial charge < -0.3 is 15.4 Å². The molecular formula is C16H16Cl2N2O2. The monoisotopic (exact) mass is 338 g/mol. The number of nitrogens with one attached hydrogen (secondary N) is 2. The van der Waals surface area contributed by atoms with Crippen molar-refractivity contribution < 1.29 is 9.53 Å². The summed E-state index contributed by atoms with van der Waals surface area (Å²) in [5.41, 5.74) is 2.45. The predicted molar refractivity (Wildman–Crippen MR) is 90.1 cm³/mol. The van der Waals surface area contributed by atoms with E-state index < -0.39 is 0 Å². The number of aryl methyl sites for hydroxylation is 1. The summed E-state index contributed by atoms with van der Waals surface area (Å²) in [7, 11) is 1.56. The molecule has 0 heterocycles. The summed E-state index contributed by atoms with van der Waals surface area (Å²) in [6, 6.07) is 10.3. The Morgan fingerprint density at radius 2 is 1.95 bits per heavy atom. The van der Waals surface area contributed by atoms with E-state index >= 15 is 0 Å². The van der Waals surface area contributed by atoms with Crippen LogP contribution in [0.25, 0.3) is 0 Å². The van der Waals surface area contributed by atoms with Crippen molar-refractivity contribution in [2.45, 2.75) is 13.5 Å². The molecule has 0 aromatic heterocycles. The molecule has 116 valence electrons. The number of urea groups is 1. The van der Waals surface area contributed by atoms with Gasteiger partial charge in [0.05, 0.1) is 12.8 Å². The number of benzene rings is 2. The van der Waals surface area contributed by atoms with Gasteiger partial charge in [0.15, 0.2) is 0 Å². The molecule has 22 heavy (non-hydrogen) atoms. The van der Waals surface area contributed by atoms with E-state index in [2.05, 4.69) is 10.6 Å². The van der Waals surface area contributed by atoms with Crippen molar-refractivity contribution in [3.63, 3.8) is 0 Å². The average molecular weight is 339 g/mol. The Morgan fingerprint density at radius 1 is 1.18 bits per heavy atom. The van der Waals surface area contributed by atoms with Crippen LogP contribution in [0.1, 0.15) is 11.1 Å². The third kappa shape index (κ3) is 4.29. The first-order valence-electron chi connectivity index (χ1n) is 6.63. The van der Waals surface area contributed by atoms with E-state index in [0.29, 0.717) is 28.0 Å². The number of rotatable bonds is 4. The zero-order chi connectivity index (χ0) is 16.1. The first-order valence-corrected chi connectivity index (χ1v) is 7.38. The van der Waals surface area contributed by atoms with Gasteiger partial charge >= 0.3 is 6.03 Å². The van der Waals surface area contributed by atoms with E-state index in [4.69, 9.17) is 27.9 Å². The van der Waals surface area contributed by atoms with Gasteiger partial charge in [0.1, 0.15) is 5.75 Å². The number of hydrogen-bond donors (Lipinski definition) is 2. The summed E-state index contributed by atoms with van der Waals surface area (Å²) in [6.45, 7) is 2.25. The number of ether oxygens (including phenoxy) is 1. The molecule has 2 aromatic rings. The first-order chi connectivity index (χ1) is 10.5. The zero-order valence-electron chi connectivity index (χ0n) is 12.2. The number of amides is 2. The molecule has 0 aliphatic rings. The van der Waals surface area contributed by atoms with Crippen molar-refractivity contribution in [3.8, 4) is 5.75 Å². The Morgan fingerprint density at radius 3 is 2.64 bits per heavy atom. The van der Waals surface area contributed by atoms with Gasteiger partial charge in [-0.1, -0.05) is 35.3 Å². The highest BCUT2D eigenvalue weighted by Crippen LogP contribution is 2.25. The molecule has 2 N–H and O–H groups in total. The lowest BCUT2D eigenvalue weighted by Gasteiger charge is -2.12. The minimum atomic E-state index is -0.340. The Bertz CT molecular complexity index is 690. The van der Waals surface area contributed by atoms with Crippen molar-refractivity contribution in [2.75, 3.05) is 12.4 Å². The fourth-order valence-electron chi connectivity index (χ4n) is 1.91. The number of anilines is 1. The smallest absolute Gasteiger partial charge is 0.319 e. The first kappa shape index (κ1) is 16.5. The highest BCUT2D eigenvalue weighted by Gasteiger charge is 2.08. The van der Waals surface area contributed by atoms with E-state index in [0.717, 1.165) is 11.1 Å². The molecule has 2 aromatic carbocycles. The summed E-state index contributed by atoms with van der Waals surface area (Å²) >= 11 is 11.9. The molecule has 0 spiro atoms. The average Bonchev–Trinajstić information content (AvgIpc) is 2.48. The fraction of sp³-hybridized carbons (Fsp3) is 0.188. The van der Waals surface area contributed by atoms with Gasteiger partial charge in [-0.05, 0) is 42.3 Å². The largest absolute Gasteiger partial charge is 0.495 e. The van der Waals surface area contributed by atoms with Crippen molar-refractivity contribution in [1.29, 1.82) is 0 Å². The van der Waals surface area contributed by atoms with Crippen molar-refractivity contribution in [2.24, 2.45) is 0 Å². The molecule has 6 heteroatoms. The van der Waals surface area contributed by atoms with E-state index in [-0.39, 0.29) is 6.03 Å². The number of carbonyl (C=O) groups is 1. The summed E-state index contributed by atoms with van der Waals surface area (Å²) in [6.07, 6.45) is 0. The number of methoxy groups -OCH3 is 1. The van der Waals surface area contributed by atoms with Crippen LogP contribution in [0.2, 0.25) is 10.0 Å². The van der Waals surface area contributed by atoms with Crippen LogP contribution < -0.4 is 15.4 Å². The van der Waals surface area contributed by atoms with Crippen LogP contribution in [0.5, 0.6) is 5.75 Å². The second kappa shape index (κ2) is 7.38. The maximum Gasteiger partial charge on any atom is 0.319 e.